The van der Waals surface area contributed by atoms with Gasteiger partial charge in [-0.1, -0.05) is 42.0 Å². The maximum absolute atomic E-state index is 14.2. The molecule has 124 valence electrons. The number of hydrogen-bond donors (Lipinski definition) is 0. The van der Waals surface area contributed by atoms with E-state index in [4.69, 9.17) is 0 Å². The van der Waals surface area contributed by atoms with Crippen LogP contribution in [0.25, 0.3) is 10.2 Å². The second-order valence-corrected chi connectivity index (χ2v) is 6.87. The lowest BCUT2D eigenvalue weighted by atomic mass is 10.1. The van der Waals surface area contributed by atoms with E-state index in [1.54, 1.807) is 10.6 Å². The molecule has 0 spiro atoms. The number of thiazole rings is 1. The third-order valence-corrected chi connectivity index (χ3v) is 4.96. The fourth-order valence-electron chi connectivity index (χ4n) is 2.72. The molecule has 3 nitrogen and oxygen atoms in total. The molecule has 1 heterocycles. The van der Waals surface area contributed by atoms with E-state index >= 15 is 0 Å². The molecule has 0 aliphatic heterocycles. The minimum atomic E-state index is -0.284. The summed E-state index contributed by atoms with van der Waals surface area (Å²) in [4.78, 5) is 17.5. The van der Waals surface area contributed by atoms with Gasteiger partial charge in [-0.15, -0.1) is 0 Å². The second-order valence-electron chi connectivity index (χ2n) is 5.86. The van der Waals surface area contributed by atoms with Gasteiger partial charge >= 0.3 is 0 Å². The van der Waals surface area contributed by atoms with E-state index in [0.717, 1.165) is 22.2 Å². The van der Waals surface area contributed by atoms with Crippen LogP contribution in [-0.4, -0.2) is 10.5 Å². The molecular weight excluding hydrogens is 323 g/mol. The van der Waals surface area contributed by atoms with Crippen LogP contribution in [0, 0.1) is 19.7 Å². The maximum Gasteiger partial charge on any atom is 0.279 e. The topological polar surface area (TPSA) is 34.4 Å². The minimum Gasteiger partial charge on any atom is -0.314 e. The zero-order chi connectivity index (χ0) is 17.3. The Morgan fingerprint density at radius 3 is 2.79 bits per heavy atom. The first-order valence-corrected chi connectivity index (χ1v) is 8.77. The number of aryl methyl sites for hydroxylation is 3. The van der Waals surface area contributed by atoms with Gasteiger partial charge < -0.3 is 4.57 Å². The van der Waals surface area contributed by atoms with E-state index in [2.05, 4.69) is 4.99 Å². The number of nitrogens with zero attached hydrogens (tertiary/aromatic N) is 2. The number of rotatable bonds is 3. The predicted molar refractivity (Wildman–Crippen MR) is 95.9 cm³/mol. The van der Waals surface area contributed by atoms with Gasteiger partial charge in [0.25, 0.3) is 5.91 Å². The van der Waals surface area contributed by atoms with Crippen LogP contribution in [0.1, 0.15) is 34.8 Å². The summed E-state index contributed by atoms with van der Waals surface area (Å²) in [7, 11) is 0. The normalized spacial score (nSPS) is 12.1. The van der Waals surface area contributed by atoms with Crippen molar-refractivity contribution in [1.29, 1.82) is 0 Å². The number of carbonyl (C=O) groups excluding carboxylic acids is 1. The lowest BCUT2D eigenvalue weighted by Gasteiger charge is -2.04. The van der Waals surface area contributed by atoms with Crippen molar-refractivity contribution in [3.63, 3.8) is 0 Å². The first-order valence-electron chi connectivity index (χ1n) is 7.95. The van der Waals surface area contributed by atoms with Gasteiger partial charge in [0, 0.05) is 12.1 Å². The van der Waals surface area contributed by atoms with Crippen LogP contribution >= 0.6 is 11.3 Å². The van der Waals surface area contributed by atoms with Gasteiger partial charge in [-0.25, -0.2) is 4.39 Å². The van der Waals surface area contributed by atoms with Crippen molar-refractivity contribution in [3.8, 4) is 0 Å². The van der Waals surface area contributed by atoms with Crippen LogP contribution in [0.4, 0.5) is 4.39 Å². The largest absolute Gasteiger partial charge is 0.314 e. The Labute approximate surface area is 144 Å². The molecule has 24 heavy (non-hydrogen) atoms. The Hall–Kier alpha value is -2.27. The molecule has 1 aromatic heterocycles. The van der Waals surface area contributed by atoms with Gasteiger partial charge in [-0.05, 0) is 44.0 Å². The standard InChI is InChI=1S/C19H19FN2OS/c1-4-10-22-17-15(20)6-5-7-16(17)24-19(22)21-18(23)14-11-12(2)8-9-13(14)3/h5-9,11H,4,10H2,1-3H3. The summed E-state index contributed by atoms with van der Waals surface area (Å²) in [5.74, 6) is -0.564. The van der Waals surface area contributed by atoms with Crippen LogP contribution < -0.4 is 4.80 Å². The smallest absolute Gasteiger partial charge is 0.279 e. The lowest BCUT2D eigenvalue weighted by molar-refractivity contribution is 0.0997. The number of amides is 1. The van der Waals surface area contributed by atoms with Crippen molar-refractivity contribution in [2.45, 2.75) is 33.7 Å². The second kappa shape index (κ2) is 6.69. The first kappa shape index (κ1) is 16.6. The molecule has 0 saturated heterocycles. The molecule has 2 aromatic carbocycles. The molecule has 1 amide bonds. The molecule has 0 radical (unpaired) electrons. The minimum absolute atomic E-state index is 0.280. The maximum atomic E-state index is 14.2. The molecule has 0 saturated carbocycles. The fourth-order valence-corrected chi connectivity index (χ4v) is 3.79. The van der Waals surface area contributed by atoms with Crippen LogP contribution in [0.2, 0.25) is 0 Å². The average molecular weight is 342 g/mol. The van der Waals surface area contributed by atoms with E-state index in [1.165, 1.54) is 17.4 Å². The Morgan fingerprint density at radius 1 is 1.25 bits per heavy atom. The van der Waals surface area contributed by atoms with Gasteiger partial charge in [-0.2, -0.15) is 4.99 Å². The summed E-state index contributed by atoms with van der Waals surface area (Å²) in [6, 6.07) is 10.7. The highest BCUT2D eigenvalue weighted by molar-refractivity contribution is 7.16. The summed E-state index contributed by atoms with van der Waals surface area (Å²) in [5.41, 5.74) is 3.03. The summed E-state index contributed by atoms with van der Waals surface area (Å²) in [6.07, 6.45) is 0.838. The highest BCUT2D eigenvalue weighted by Crippen LogP contribution is 2.21. The summed E-state index contributed by atoms with van der Waals surface area (Å²) in [5, 5.41) is 0. The number of halogens is 1. The van der Waals surface area contributed by atoms with Gasteiger partial charge in [-0.3, -0.25) is 4.79 Å². The Bertz CT molecular complexity index is 985. The molecule has 0 N–H and O–H groups in total. The Kier molecular flexibility index (Phi) is 4.62. The number of para-hydroxylation sites is 1. The fraction of sp³-hybridized carbons (Fsp3) is 0.263. The van der Waals surface area contributed by atoms with Gasteiger partial charge in [0.1, 0.15) is 5.82 Å². The van der Waals surface area contributed by atoms with Crippen LogP contribution in [-0.2, 0) is 6.54 Å². The molecule has 5 heteroatoms. The Morgan fingerprint density at radius 2 is 2.04 bits per heavy atom. The van der Waals surface area contributed by atoms with Crippen molar-refractivity contribution in [1.82, 2.24) is 4.57 Å². The lowest BCUT2D eigenvalue weighted by Crippen LogP contribution is -2.17. The summed E-state index contributed by atoms with van der Waals surface area (Å²) < 4.78 is 16.8. The molecule has 3 aromatic rings. The third-order valence-electron chi connectivity index (χ3n) is 3.92. The van der Waals surface area contributed by atoms with Gasteiger partial charge in [0.2, 0.25) is 0 Å². The highest BCUT2D eigenvalue weighted by Gasteiger charge is 2.13. The van der Waals surface area contributed by atoms with E-state index in [1.807, 2.05) is 45.0 Å². The van der Waals surface area contributed by atoms with Crippen molar-refractivity contribution >= 4 is 27.5 Å². The zero-order valence-corrected chi connectivity index (χ0v) is 14.8. The number of fused-ring (bicyclic) bond motifs is 1. The summed E-state index contributed by atoms with van der Waals surface area (Å²) >= 11 is 1.35. The zero-order valence-electron chi connectivity index (χ0n) is 14.0. The quantitative estimate of drug-likeness (QED) is 0.684. The van der Waals surface area contributed by atoms with E-state index < -0.39 is 0 Å². The third kappa shape index (κ3) is 3.04. The molecule has 3 rings (SSSR count). The predicted octanol–water partition coefficient (Wildman–Crippen LogP) is 4.61. The molecule has 0 aliphatic carbocycles. The number of aromatic nitrogens is 1. The first-order chi connectivity index (χ1) is 11.5. The molecule has 0 unspecified atom stereocenters. The molecule has 0 fully saturated rings. The van der Waals surface area contributed by atoms with Crippen LogP contribution in [0.3, 0.4) is 0 Å². The number of carbonyl (C=O) groups is 1. The van der Waals surface area contributed by atoms with Crippen LogP contribution in [0.5, 0.6) is 0 Å². The molecule has 0 aliphatic rings. The van der Waals surface area contributed by atoms with Crippen molar-refractivity contribution < 1.29 is 9.18 Å². The monoisotopic (exact) mass is 342 g/mol. The SMILES string of the molecule is CCCn1c(=NC(=O)c2cc(C)ccc2C)sc2cccc(F)c21. The van der Waals surface area contributed by atoms with E-state index in [-0.39, 0.29) is 11.7 Å². The van der Waals surface area contributed by atoms with E-state index in [0.29, 0.717) is 22.4 Å². The number of hydrogen-bond acceptors (Lipinski definition) is 2. The van der Waals surface area contributed by atoms with Gasteiger partial charge in [0.05, 0.1) is 10.2 Å². The molecule has 0 atom stereocenters. The molecular formula is C19H19FN2OS. The summed E-state index contributed by atoms with van der Waals surface area (Å²) in [6.45, 7) is 6.49. The van der Waals surface area contributed by atoms with Gasteiger partial charge in [0.15, 0.2) is 4.80 Å². The number of benzene rings is 2. The van der Waals surface area contributed by atoms with Crippen molar-refractivity contribution in [3.05, 3.63) is 63.7 Å². The van der Waals surface area contributed by atoms with E-state index in [9.17, 15) is 9.18 Å². The average Bonchev–Trinajstić information content (AvgIpc) is 2.89. The van der Waals surface area contributed by atoms with Crippen molar-refractivity contribution in [2.75, 3.05) is 0 Å². The Balaban J connectivity index is 2.19. The molecule has 0 bridgehead atoms. The highest BCUT2D eigenvalue weighted by atomic mass is 32.1. The van der Waals surface area contributed by atoms with Crippen LogP contribution in [0.15, 0.2) is 41.4 Å². The van der Waals surface area contributed by atoms with Crippen molar-refractivity contribution in [2.24, 2.45) is 4.99 Å².